The Balaban J connectivity index is 1.77. The second kappa shape index (κ2) is 9.54. The molecule has 1 aromatic carbocycles. The molecule has 1 fully saturated rings. The van der Waals surface area contributed by atoms with E-state index in [2.05, 4.69) is 5.32 Å². The maximum atomic E-state index is 12.4. The molecule has 0 unspecified atom stereocenters. The molecule has 154 valence electrons. The third-order valence-corrected chi connectivity index (χ3v) is 3.99. The van der Waals surface area contributed by atoms with Crippen molar-refractivity contribution in [2.24, 2.45) is 0 Å². The van der Waals surface area contributed by atoms with Crippen molar-refractivity contribution in [3.05, 3.63) is 29.8 Å². The number of hydrogen-bond acceptors (Lipinski definition) is 6. The number of carbonyl (C=O) groups excluding carboxylic acids is 3. The first-order valence-electron chi connectivity index (χ1n) is 9.24. The van der Waals surface area contributed by atoms with E-state index in [1.54, 1.807) is 49.9 Å². The summed E-state index contributed by atoms with van der Waals surface area (Å²) < 4.78 is 16.3. The van der Waals surface area contributed by atoms with Gasteiger partial charge in [0.1, 0.15) is 11.4 Å². The molecule has 0 saturated carbocycles. The number of ketones is 1. The summed E-state index contributed by atoms with van der Waals surface area (Å²) in [6.07, 6.45) is -0.822. The number of alkyl carbamates (subject to hydrolysis) is 1. The molecule has 28 heavy (non-hydrogen) atoms. The van der Waals surface area contributed by atoms with Crippen molar-refractivity contribution in [2.75, 3.05) is 32.8 Å². The minimum absolute atomic E-state index is 0.0259. The molecule has 1 aliphatic heterocycles. The Morgan fingerprint density at radius 1 is 1.21 bits per heavy atom. The van der Waals surface area contributed by atoms with Gasteiger partial charge in [0, 0.05) is 25.2 Å². The summed E-state index contributed by atoms with van der Waals surface area (Å²) in [5.74, 6) is 0.331. The molecule has 0 aliphatic carbocycles. The number of morpholine rings is 1. The molecule has 1 heterocycles. The number of nitrogens with one attached hydrogen (secondary N) is 1. The van der Waals surface area contributed by atoms with Crippen LogP contribution in [-0.4, -0.2) is 67.2 Å². The zero-order valence-corrected chi connectivity index (χ0v) is 16.8. The standard InChI is InChI=1S/C20H28N2O6/c1-14(23)15-5-7-16(8-6-15)27-13-18(24)22-9-10-26-17(12-22)11-21-19(25)28-20(2,3)4/h5-8,17H,9-13H2,1-4H3,(H,21,25)/t17-/m1/s1. The van der Waals surface area contributed by atoms with Gasteiger partial charge in [-0.25, -0.2) is 4.79 Å². The smallest absolute Gasteiger partial charge is 0.407 e. The molecule has 8 heteroatoms. The van der Waals surface area contributed by atoms with Crippen molar-refractivity contribution in [2.45, 2.75) is 39.4 Å². The van der Waals surface area contributed by atoms with Crippen LogP contribution >= 0.6 is 0 Å². The molecule has 1 aromatic rings. The van der Waals surface area contributed by atoms with Gasteiger partial charge in [-0.1, -0.05) is 0 Å². The van der Waals surface area contributed by atoms with E-state index in [4.69, 9.17) is 14.2 Å². The highest BCUT2D eigenvalue weighted by atomic mass is 16.6. The van der Waals surface area contributed by atoms with Crippen LogP contribution in [-0.2, 0) is 14.3 Å². The van der Waals surface area contributed by atoms with E-state index in [9.17, 15) is 14.4 Å². The molecule has 0 spiro atoms. The van der Waals surface area contributed by atoms with Crippen LogP contribution in [0.5, 0.6) is 5.75 Å². The normalized spacial score (nSPS) is 17.0. The van der Waals surface area contributed by atoms with Crippen molar-refractivity contribution in [1.29, 1.82) is 0 Å². The summed E-state index contributed by atoms with van der Waals surface area (Å²) in [6, 6.07) is 6.65. The number of amides is 2. The Labute approximate surface area is 165 Å². The maximum absolute atomic E-state index is 12.4. The van der Waals surface area contributed by atoms with Crippen LogP contribution in [0.2, 0.25) is 0 Å². The Kier molecular flexibility index (Phi) is 7.39. The van der Waals surface area contributed by atoms with E-state index < -0.39 is 11.7 Å². The minimum Gasteiger partial charge on any atom is -0.484 e. The molecule has 8 nitrogen and oxygen atoms in total. The highest BCUT2D eigenvalue weighted by Crippen LogP contribution is 2.13. The first kappa shape index (κ1) is 21.7. The van der Waals surface area contributed by atoms with Gasteiger partial charge < -0.3 is 24.4 Å². The number of hydrogen-bond donors (Lipinski definition) is 1. The van der Waals surface area contributed by atoms with Crippen molar-refractivity contribution in [3.8, 4) is 5.75 Å². The first-order valence-corrected chi connectivity index (χ1v) is 9.24. The lowest BCUT2D eigenvalue weighted by Gasteiger charge is -2.33. The highest BCUT2D eigenvalue weighted by molar-refractivity contribution is 5.94. The fraction of sp³-hybridized carbons (Fsp3) is 0.550. The van der Waals surface area contributed by atoms with E-state index in [1.165, 1.54) is 6.92 Å². The van der Waals surface area contributed by atoms with Crippen molar-refractivity contribution >= 4 is 17.8 Å². The molecule has 0 radical (unpaired) electrons. The molecule has 1 aliphatic rings. The van der Waals surface area contributed by atoms with Crippen LogP contribution in [0, 0.1) is 0 Å². The van der Waals surface area contributed by atoms with Crippen molar-refractivity contribution < 1.29 is 28.6 Å². The lowest BCUT2D eigenvalue weighted by atomic mass is 10.1. The van der Waals surface area contributed by atoms with Crippen LogP contribution in [0.4, 0.5) is 4.79 Å². The zero-order chi connectivity index (χ0) is 20.7. The number of ether oxygens (including phenoxy) is 3. The second-order valence-electron chi connectivity index (χ2n) is 7.58. The van der Waals surface area contributed by atoms with E-state index in [0.717, 1.165) is 0 Å². The number of rotatable bonds is 6. The molecular weight excluding hydrogens is 364 g/mol. The summed E-state index contributed by atoms with van der Waals surface area (Å²) in [4.78, 5) is 37.1. The number of Topliss-reactive ketones (excluding diaryl/α,β-unsaturated/α-hetero) is 1. The lowest BCUT2D eigenvalue weighted by molar-refractivity contribution is -0.140. The van der Waals surface area contributed by atoms with E-state index in [0.29, 0.717) is 31.0 Å². The molecule has 2 rings (SSSR count). The van der Waals surface area contributed by atoms with E-state index in [1.807, 2.05) is 0 Å². The molecule has 1 N–H and O–H groups in total. The largest absolute Gasteiger partial charge is 0.484 e. The van der Waals surface area contributed by atoms with E-state index >= 15 is 0 Å². The molecular formula is C20H28N2O6. The summed E-state index contributed by atoms with van der Waals surface area (Å²) in [7, 11) is 0. The summed E-state index contributed by atoms with van der Waals surface area (Å²) in [5.41, 5.74) is 0.0200. The Bertz CT molecular complexity index is 696. The monoisotopic (exact) mass is 392 g/mol. The van der Waals surface area contributed by atoms with Crippen LogP contribution in [0.25, 0.3) is 0 Å². The topological polar surface area (TPSA) is 94.2 Å². The van der Waals surface area contributed by atoms with Gasteiger partial charge in [0.05, 0.1) is 12.7 Å². The van der Waals surface area contributed by atoms with Crippen LogP contribution < -0.4 is 10.1 Å². The number of benzene rings is 1. The molecule has 0 aromatic heterocycles. The van der Waals surface area contributed by atoms with Gasteiger partial charge in [0.15, 0.2) is 12.4 Å². The van der Waals surface area contributed by atoms with Gasteiger partial charge in [0.25, 0.3) is 5.91 Å². The third-order valence-electron chi connectivity index (χ3n) is 3.99. The average molecular weight is 392 g/mol. The van der Waals surface area contributed by atoms with Crippen molar-refractivity contribution in [1.82, 2.24) is 10.2 Å². The highest BCUT2D eigenvalue weighted by Gasteiger charge is 2.25. The zero-order valence-electron chi connectivity index (χ0n) is 16.8. The molecule has 2 amide bonds. The van der Waals surface area contributed by atoms with Crippen LogP contribution in [0.3, 0.4) is 0 Å². The van der Waals surface area contributed by atoms with Gasteiger partial charge in [-0.05, 0) is 52.0 Å². The van der Waals surface area contributed by atoms with Gasteiger partial charge in [-0.2, -0.15) is 0 Å². The van der Waals surface area contributed by atoms with Gasteiger partial charge >= 0.3 is 6.09 Å². The molecule has 0 bridgehead atoms. The fourth-order valence-corrected chi connectivity index (χ4v) is 2.60. The second-order valence-corrected chi connectivity index (χ2v) is 7.58. The van der Waals surface area contributed by atoms with Gasteiger partial charge in [0.2, 0.25) is 0 Å². The maximum Gasteiger partial charge on any atom is 0.407 e. The Morgan fingerprint density at radius 3 is 2.50 bits per heavy atom. The summed E-state index contributed by atoms with van der Waals surface area (Å²) >= 11 is 0. The molecule has 1 atom stereocenters. The lowest BCUT2D eigenvalue weighted by Crippen LogP contribution is -2.51. The third kappa shape index (κ3) is 7.19. The van der Waals surface area contributed by atoms with Crippen LogP contribution in [0.15, 0.2) is 24.3 Å². The van der Waals surface area contributed by atoms with E-state index in [-0.39, 0.29) is 30.9 Å². The summed E-state index contributed by atoms with van der Waals surface area (Å²) in [5, 5.41) is 2.66. The average Bonchev–Trinajstić information content (AvgIpc) is 2.63. The minimum atomic E-state index is -0.570. The number of carbonyl (C=O) groups is 3. The van der Waals surface area contributed by atoms with Gasteiger partial charge in [-0.15, -0.1) is 0 Å². The summed E-state index contributed by atoms with van der Waals surface area (Å²) in [6.45, 7) is 8.23. The Morgan fingerprint density at radius 2 is 1.89 bits per heavy atom. The van der Waals surface area contributed by atoms with Crippen LogP contribution in [0.1, 0.15) is 38.1 Å². The predicted octanol–water partition coefficient (Wildman–Crippen LogP) is 2.02. The first-order chi connectivity index (χ1) is 13.1. The Hall–Kier alpha value is -2.61. The fourth-order valence-electron chi connectivity index (χ4n) is 2.60. The van der Waals surface area contributed by atoms with Gasteiger partial charge in [-0.3, -0.25) is 9.59 Å². The quantitative estimate of drug-likeness (QED) is 0.745. The van der Waals surface area contributed by atoms with Crippen molar-refractivity contribution in [3.63, 3.8) is 0 Å². The SMILES string of the molecule is CC(=O)c1ccc(OCC(=O)N2CCO[C@H](CNC(=O)OC(C)(C)C)C2)cc1. The predicted molar refractivity (Wildman–Crippen MR) is 102 cm³/mol. The molecule has 1 saturated heterocycles. The number of nitrogens with zero attached hydrogens (tertiary/aromatic N) is 1.